The average Bonchev–Trinajstić information content (AvgIpc) is 2.67. The van der Waals surface area contributed by atoms with Crippen molar-refractivity contribution in [3.63, 3.8) is 0 Å². The van der Waals surface area contributed by atoms with Gasteiger partial charge in [0.2, 0.25) is 5.95 Å². The number of aryl methyl sites for hydroxylation is 2. The number of aromatic nitrogens is 3. The molecule has 3 aromatic rings. The summed E-state index contributed by atoms with van der Waals surface area (Å²) in [6.45, 7) is 4.06. The quantitative estimate of drug-likeness (QED) is 0.709. The van der Waals surface area contributed by atoms with E-state index >= 15 is 0 Å². The number of nitrogens with two attached hydrogens (primary N) is 1. The highest BCUT2D eigenvalue weighted by Gasteiger charge is 2.12. The molecule has 0 saturated heterocycles. The molecule has 1 aromatic carbocycles. The molecule has 2 heterocycles. The van der Waals surface area contributed by atoms with Gasteiger partial charge >= 0.3 is 0 Å². The molecule has 2 N–H and O–H groups in total. The van der Waals surface area contributed by atoms with E-state index in [1.807, 2.05) is 29.7 Å². The minimum atomic E-state index is 0.470. The van der Waals surface area contributed by atoms with Gasteiger partial charge in [0.05, 0.1) is 5.69 Å². The van der Waals surface area contributed by atoms with Gasteiger partial charge in [0.1, 0.15) is 5.52 Å². The van der Waals surface area contributed by atoms with Crippen LogP contribution in [0, 0.1) is 13.8 Å². The van der Waals surface area contributed by atoms with Crippen LogP contribution in [-0.2, 0) is 0 Å². The van der Waals surface area contributed by atoms with Crippen LogP contribution >= 0.6 is 0 Å². The van der Waals surface area contributed by atoms with Gasteiger partial charge in [-0.25, -0.2) is 9.97 Å². The molecular weight excluding hydrogens is 224 g/mol. The highest BCUT2D eigenvalue weighted by molar-refractivity contribution is 5.79. The van der Waals surface area contributed by atoms with Crippen LogP contribution < -0.4 is 5.73 Å². The number of hydrogen-bond acceptors (Lipinski definition) is 3. The van der Waals surface area contributed by atoms with E-state index in [4.69, 9.17) is 5.73 Å². The number of benzene rings is 1. The Morgan fingerprint density at radius 1 is 1.17 bits per heavy atom. The third kappa shape index (κ3) is 1.54. The lowest BCUT2D eigenvalue weighted by Crippen LogP contribution is -2.01. The van der Waals surface area contributed by atoms with Gasteiger partial charge < -0.3 is 5.73 Å². The van der Waals surface area contributed by atoms with Crippen molar-refractivity contribution in [3.05, 3.63) is 47.7 Å². The Bertz CT molecular complexity index is 728. The molecule has 0 bridgehead atoms. The van der Waals surface area contributed by atoms with Gasteiger partial charge in [-0.15, -0.1) is 0 Å². The largest absolute Gasteiger partial charge is 0.369 e. The van der Waals surface area contributed by atoms with Gasteiger partial charge in [-0.1, -0.05) is 12.1 Å². The second kappa shape index (κ2) is 3.84. The van der Waals surface area contributed by atoms with Gasteiger partial charge in [-0.3, -0.25) is 4.57 Å². The molecular formula is C14H14N4. The molecule has 0 unspecified atom stereocenters. The number of nitrogens with zero attached hydrogens (tertiary/aromatic N) is 3. The summed E-state index contributed by atoms with van der Waals surface area (Å²) in [5.74, 6) is 0.470. The monoisotopic (exact) mass is 238 g/mol. The molecule has 4 nitrogen and oxygen atoms in total. The lowest BCUT2D eigenvalue weighted by Gasteiger charge is -2.06. The molecule has 0 amide bonds. The van der Waals surface area contributed by atoms with Crippen molar-refractivity contribution in [2.45, 2.75) is 13.8 Å². The topological polar surface area (TPSA) is 56.7 Å². The fourth-order valence-corrected chi connectivity index (χ4v) is 2.13. The van der Waals surface area contributed by atoms with E-state index in [1.165, 1.54) is 5.56 Å². The second-order valence-electron chi connectivity index (χ2n) is 4.44. The van der Waals surface area contributed by atoms with Crippen LogP contribution in [0.15, 0.2) is 36.5 Å². The van der Waals surface area contributed by atoms with Crippen LogP contribution in [0.2, 0.25) is 0 Å². The van der Waals surface area contributed by atoms with Crippen molar-refractivity contribution in [1.29, 1.82) is 0 Å². The Hall–Kier alpha value is -2.36. The normalized spacial score (nSPS) is 11.0. The van der Waals surface area contributed by atoms with E-state index < -0.39 is 0 Å². The lowest BCUT2D eigenvalue weighted by molar-refractivity contribution is 1.08. The average molecular weight is 238 g/mol. The summed E-state index contributed by atoms with van der Waals surface area (Å²) in [6.07, 6.45) is 1.78. The van der Waals surface area contributed by atoms with Crippen LogP contribution in [0.1, 0.15) is 11.1 Å². The molecule has 2 aromatic heterocycles. The molecule has 3 rings (SSSR count). The third-order valence-electron chi connectivity index (χ3n) is 3.03. The maximum absolute atomic E-state index is 6.02. The predicted octanol–water partition coefficient (Wildman–Crippen LogP) is 2.62. The summed E-state index contributed by atoms with van der Waals surface area (Å²) in [5.41, 5.74) is 10.9. The van der Waals surface area contributed by atoms with E-state index in [0.29, 0.717) is 5.95 Å². The van der Waals surface area contributed by atoms with Gasteiger partial charge in [-0.2, -0.15) is 0 Å². The summed E-state index contributed by atoms with van der Waals surface area (Å²) >= 11 is 0. The molecule has 0 fully saturated rings. The highest BCUT2D eigenvalue weighted by atomic mass is 15.2. The zero-order chi connectivity index (χ0) is 12.7. The van der Waals surface area contributed by atoms with E-state index in [1.54, 1.807) is 6.20 Å². The summed E-state index contributed by atoms with van der Waals surface area (Å²) < 4.78 is 1.88. The van der Waals surface area contributed by atoms with Crippen LogP contribution in [0.25, 0.3) is 16.9 Å². The molecule has 0 aliphatic rings. The molecule has 4 heteroatoms. The van der Waals surface area contributed by atoms with E-state index in [-0.39, 0.29) is 0 Å². The number of anilines is 1. The predicted molar refractivity (Wildman–Crippen MR) is 72.8 cm³/mol. The Kier molecular flexibility index (Phi) is 2.30. The zero-order valence-electron chi connectivity index (χ0n) is 10.4. The van der Waals surface area contributed by atoms with Crippen LogP contribution in [0.3, 0.4) is 0 Å². The van der Waals surface area contributed by atoms with Gasteiger partial charge in [0.15, 0.2) is 5.65 Å². The van der Waals surface area contributed by atoms with Crippen LogP contribution in [0.4, 0.5) is 5.95 Å². The highest BCUT2D eigenvalue weighted by Crippen LogP contribution is 2.23. The number of nitrogen functional groups attached to an aromatic ring is 1. The number of rotatable bonds is 1. The SMILES string of the molecule is Cc1cccc(-n2c(N)nc3c(C)ccnc32)c1. The van der Waals surface area contributed by atoms with Gasteiger partial charge in [-0.05, 0) is 43.2 Å². The Morgan fingerprint density at radius 2 is 2.00 bits per heavy atom. The van der Waals surface area contributed by atoms with E-state index in [2.05, 4.69) is 29.0 Å². The van der Waals surface area contributed by atoms with Crippen molar-refractivity contribution in [3.8, 4) is 5.69 Å². The van der Waals surface area contributed by atoms with Crippen molar-refractivity contribution in [2.75, 3.05) is 5.73 Å². The first-order valence-electron chi connectivity index (χ1n) is 5.83. The number of fused-ring (bicyclic) bond motifs is 1. The fraction of sp³-hybridized carbons (Fsp3) is 0.143. The standard InChI is InChI=1S/C14H14N4/c1-9-4-3-5-11(8-9)18-13-12(17-14(18)15)10(2)6-7-16-13/h3-8H,1-2H3,(H2,15,17). The molecule has 0 radical (unpaired) electrons. The Labute approximate surface area is 105 Å². The fourth-order valence-electron chi connectivity index (χ4n) is 2.13. The van der Waals surface area contributed by atoms with Crippen LogP contribution in [-0.4, -0.2) is 14.5 Å². The Morgan fingerprint density at radius 3 is 2.78 bits per heavy atom. The summed E-state index contributed by atoms with van der Waals surface area (Å²) in [4.78, 5) is 8.79. The maximum Gasteiger partial charge on any atom is 0.207 e. The van der Waals surface area contributed by atoms with E-state index in [0.717, 1.165) is 22.4 Å². The van der Waals surface area contributed by atoms with Crippen molar-refractivity contribution < 1.29 is 0 Å². The Balaban J connectivity index is 2.36. The molecule has 0 atom stereocenters. The molecule has 18 heavy (non-hydrogen) atoms. The molecule has 90 valence electrons. The molecule has 0 aliphatic carbocycles. The van der Waals surface area contributed by atoms with Crippen molar-refractivity contribution in [1.82, 2.24) is 14.5 Å². The van der Waals surface area contributed by atoms with Gasteiger partial charge in [0.25, 0.3) is 0 Å². The van der Waals surface area contributed by atoms with Gasteiger partial charge in [0, 0.05) is 6.20 Å². The number of pyridine rings is 1. The molecule has 0 saturated carbocycles. The first kappa shape index (κ1) is 10.8. The zero-order valence-corrected chi connectivity index (χ0v) is 10.4. The van der Waals surface area contributed by atoms with Crippen molar-refractivity contribution in [2.24, 2.45) is 0 Å². The molecule has 0 aliphatic heterocycles. The number of imidazole rings is 1. The van der Waals surface area contributed by atoms with Crippen LogP contribution in [0.5, 0.6) is 0 Å². The smallest absolute Gasteiger partial charge is 0.207 e. The van der Waals surface area contributed by atoms with Crippen molar-refractivity contribution >= 4 is 17.1 Å². The minimum absolute atomic E-state index is 0.470. The summed E-state index contributed by atoms with van der Waals surface area (Å²) in [7, 11) is 0. The lowest BCUT2D eigenvalue weighted by atomic mass is 10.2. The maximum atomic E-state index is 6.02. The summed E-state index contributed by atoms with van der Waals surface area (Å²) in [5, 5.41) is 0. The second-order valence-corrected chi connectivity index (χ2v) is 4.44. The number of hydrogen-bond donors (Lipinski definition) is 1. The minimum Gasteiger partial charge on any atom is -0.369 e. The molecule has 0 spiro atoms. The first-order valence-corrected chi connectivity index (χ1v) is 5.83. The third-order valence-corrected chi connectivity index (χ3v) is 3.03. The summed E-state index contributed by atoms with van der Waals surface area (Å²) in [6, 6.07) is 10.1. The van der Waals surface area contributed by atoms with E-state index in [9.17, 15) is 0 Å². The first-order chi connectivity index (χ1) is 8.66.